The Kier molecular flexibility index (Phi) is 7.44. The number of carboxylic acids is 1. The maximum atomic E-state index is 10.6. The molecule has 3 nitrogen and oxygen atoms in total. The summed E-state index contributed by atoms with van der Waals surface area (Å²) < 4.78 is 0. The largest absolute Gasteiger partial charge is 0.481 e. The van der Waals surface area contributed by atoms with Crippen LogP contribution in [0.3, 0.4) is 0 Å². The van der Waals surface area contributed by atoms with Gasteiger partial charge in [0.05, 0.1) is 0 Å². The minimum atomic E-state index is -0.711. The topological polar surface area (TPSA) is 40.5 Å². The number of aliphatic carboxylic acids is 1. The summed E-state index contributed by atoms with van der Waals surface area (Å²) in [7, 11) is 0. The first-order chi connectivity index (χ1) is 9.88. The molecule has 1 aromatic rings. The molecule has 0 spiro atoms. The number of carboxylic acid groups (broad SMARTS) is 1. The molecule has 0 aromatic heterocycles. The number of hydrogen-bond acceptors (Lipinski definition) is 2. The average molecular weight is 291 g/mol. The third-order valence-corrected chi connectivity index (χ3v) is 3.62. The van der Waals surface area contributed by atoms with Gasteiger partial charge in [-0.2, -0.15) is 0 Å². The third-order valence-electron chi connectivity index (χ3n) is 3.62. The van der Waals surface area contributed by atoms with Crippen LogP contribution < -0.4 is 0 Å². The highest BCUT2D eigenvalue weighted by molar-refractivity contribution is 5.66. The predicted molar refractivity (Wildman–Crippen MR) is 87.4 cm³/mol. The second-order valence-electron chi connectivity index (χ2n) is 6.48. The van der Waals surface area contributed by atoms with E-state index in [-0.39, 0.29) is 6.42 Å². The van der Waals surface area contributed by atoms with Crippen LogP contribution in [-0.2, 0) is 17.8 Å². The Balaban J connectivity index is 2.56. The van der Waals surface area contributed by atoms with Gasteiger partial charge < -0.3 is 5.11 Å². The SMILES string of the molecule is CC(C)Cc1ccc(CN(CCCC(=O)O)C(C)C)cc1. The quantitative estimate of drug-likeness (QED) is 0.748. The molecule has 0 bridgehead atoms. The normalized spacial score (nSPS) is 11.6. The van der Waals surface area contributed by atoms with Gasteiger partial charge in [0.25, 0.3) is 0 Å². The van der Waals surface area contributed by atoms with Gasteiger partial charge in [-0.15, -0.1) is 0 Å². The maximum Gasteiger partial charge on any atom is 0.303 e. The monoisotopic (exact) mass is 291 g/mol. The minimum absolute atomic E-state index is 0.247. The lowest BCUT2D eigenvalue weighted by Crippen LogP contribution is -2.31. The second kappa shape index (κ2) is 8.83. The highest BCUT2D eigenvalue weighted by atomic mass is 16.4. The van der Waals surface area contributed by atoms with E-state index in [2.05, 4.69) is 56.9 Å². The Labute approximate surface area is 129 Å². The van der Waals surface area contributed by atoms with E-state index < -0.39 is 5.97 Å². The van der Waals surface area contributed by atoms with Crippen molar-refractivity contribution >= 4 is 5.97 Å². The standard InChI is InChI=1S/C18H29NO2/c1-14(2)12-16-7-9-17(10-8-16)13-19(15(3)4)11-5-6-18(20)21/h7-10,14-15H,5-6,11-13H2,1-4H3,(H,20,21). The number of benzene rings is 1. The number of rotatable bonds is 9. The summed E-state index contributed by atoms with van der Waals surface area (Å²) in [6, 6.07) is 9.25. The molecule has 0 amide bonds. The summed E-state index contributed by atoms with van der Waals surface area (Å²) in [4.78, 5) is 12.9. The molecule has 0 aliphatic rings. The van der Waals surface area contributed by atoms with Crippen LogP contribution in [0.4, 0.5) is 0 Å². The van der Waals surface area contributed by atoms with E-state index in [4.69, 9.17) is 5.11 Å². The lowest BCUT2D eigenvalue weighted by molar-refractivity contribution is -0.137. The molecule has 0 fully saturated rings. The Morgan fingerprint density at radius 3 is 2.14 bits per heavy atom. The predicted octanol–water partition coefficient (Wildman–Crippen LogP) is 3.96. The van der Waals surface area contributed by atoms with Crippen molar-refractivity contribution in [2.45, 2.75) is 59.5 Å². The average Bonchev–Trinajstić information content (AvgIpc) is 2.38. The first-order valence-electron chi connectivity index (χ1n) is 7.92. The molecule has 21 heavy (non-hydrogen) atoms. The van der Waals surface area contributed by atoms with E-state index in [9.17, 15) is 4.79 Å². The molecule has 0 heterocycles. The first kappa shape index (κ1) is 17.7. The van der Waals surface area contributed by atoms with Gasteiger partial charge in [-0.3, -0.25) is 9.69 Å². The molecule has 1 aromatic carbocycles. The zero-order valence-electron chi connectivity index (χ0n) is 13.8. The lowest BCUT2D eigenvalue weighted by Gasteiger charge is -2.26. The van der Waals surface area contributed by atoms with Gasteiger partial charge in [-0.05, 0) is 50.3 Å². The van der Waals surface area contributed by atoms with E-state index in [1.807, 2.05) is 0 Å². The third kappa shape index (κ3) is 7.28. The van der Waals surface area contributed by atoms with Gasteiger partial charge in [0.2, 0.25) is 0 Å². The summed E-state index contributed by atoms with van der Waals surface area (Å²) in [5.74, 6) is -0.0317. The molecule has 0 atom stereocenters. The zero-order valence-corrected chi connectivity index (χ0v) is 13.8. The van der Waals surface area contributed by atoms with Gasteiger partial charge in [0, 0.05) is 19.0 Å². The fourth-order valence-electron chi connectivity index (χ4n) is 2.44. The van der Waals surface area contributed by atoms with Crippen LogP contribution in [0, 0.1) is 5.92 Å². The van der Waals surface area contributed by atoms with Crippen molar-refractivity contribution < 1.29 is 9.90 Å². The summed E-state index contributed by atoms with van der Waals surface area (Å²) in [5, 5.41) is 8.74. The van der Waals surface area contributed by atoms with Gasteiger partial charge >= 0.3 is 5.97 Å². The fourth-order valence-corrected chi connectivity index (χ4v) is 2.44. The van der Waals surface area contributed by atoms with Crippen LogP contribution in [0.5, 0.6) is 0 Å². The number of hydrogen-bond donors (Lipinski definition) is 1. The fraction of sp³-hybridized carbons (Fsp3) is 0.611. The summed E-state index contributed by atoms with van der Waals surface area (Å²) >= 11 is 0. The molecule has 0 radical (unpaired) electrons. The van der Waals surface area contributed by atoms with Crippen molar-refractivity contribution in [1.82, 2.24) is 4.90 Å². The first-order valence-corrected chi connectivity index (χ1v) is 7.92. The van der Waals surface area contributed by atoms with Crippen molar-refractivity contribution in [3.05, 3.63) is 35.4 Å². The Hall–Kier alpha value is -1.35. The molecular formula is C18H29NO2. The van der Waals surface area contributed by atoms with Crippen LogP contribution in [-0.4, -0.2) is 28.6 Å². The molecule has 0 aliphatic heterocycles. The van der Waals surface area contributed by atoms with E-state index in [1.54, 1.807) is 0 Å². The van der Waals surface area contributed by atoms with Gasteiger partial charge in [0.15, 0.2) is 0 Å². The molecule has 1 rings (SSSR count). The van der Waals surface area contributed by atoms with E-state index in [1.165, 1.54) is 11.1 Å². The number of nitrogens with zero attached hydrogens (tertiary/aromatic N) is 1. The smallest absolute Gasteiger partial charge is 0.303 e. The van der Waals surface area contributed by atoms with Crippen LogP contribution in [0.2, 0.25) is 0 Å². The molecule has 0 aliphatic carbocycles. The van der Waals surface area contributed by atoms with Crippen molar-refractivity contribution in [3.8, 4) is 0 Å². The Bertz CT molecular complexity index is 423. The van der Waals surface area contributed by atoms with Crippen molar-refractivity contribution in [2.24, 2.45) is 5.92 Å². The lowest BCUT2D eigenvalue weighted by atomic mass is 10.0. The van der Waals surface area contributed by atoms with Crippen molar-refractivity contribution in [3.63, 3.8) is 0 Å². The summed E-state index contributed by atoms with van der Waals surface area (Å²) in [6.45, 7) is 10.5. The molecule has 0 saturated heterocycles. The molecule has 0 saturated carbocycles. The van der Waals surface area contributed by atoms with E-state index >= 15 is 0 Å². The van der Waals surface area contributed by atoms with Crippen LogP contribution in [0.15, 0.2) is 24.3 Å². The summed E-state index contributed by atoms with van der Waals surface area (Å²) in [6.07, 6.45) is 2.07. The van der Waals surface area contributed by atoms with Crippen LogP contribution in [0.1, 0.15) is 51.7 Å². The van der Waals surface area contributed by atoms with E-state index in [0.29, 0.717) is 18.4 Å². The maximum absolute atomic E-state index is 10.6. The van der Waals surface area contributed by atoms with Gasteiger partial charge in [-0.1, -0.05) is 38.1 Å². The minimum Gasteiger partial charge on any atom is -0.481 e. The van der Waals surface area contributed by atoms with Gasteiger partial charge in [0.1, 0.15) is 0 Å². The van der Waals surface area contributed by atoms with Gasteiger partial charge in [-0.25, -0.2) is 0 Å². The van der Waals surface area contributed by atoms with Crippen LogP contribution in [0.25, 0.3) is 0 Å². The van der Waals surface area contributed by atoms with Crippen molar-refractivity contribution in [2.75, 3.05) is 6.54 Å². The van der Waals surface area contributed by atoms with Crippen molar-refractivity contribution in [1.29, 1.82) is 0 Å². The molecule has 0 unspecified atom stereocenters. The Morgan fingerprint density at radius 1 is 1.10 bits per heavy atom. The zero-order chi connectivity index (χ0) is 15.8. The molecular weight excluding hydrogens is 262 g/mol. The molecule has 3 heteroatoms. The summed E-state index contributed by atoms with van der Waals surface area (Å²) in [5.41, 5.74) is 2.68. The highest BCUT2D eigenvalue weighted by Gasteiger charge is 2.11. The van der Waals surface area contributed by atoms with Crippen LogP contribution >= 0.6 is 0 Å². The highest BCUT2D eigenvalue weighted by Crippen LogP contribution is 2.13. The Morgan fingerprint density at radius 2 is 1.67 bits per heavy atom. The molecule has 118 valence electrons. The second-order valence-corrected chi connectivity index (χ2v) is 6.48. The van der Waals surface area contributed by atoms with E-state index in [0.717, 1.165) is 19.5 Å². The molecule has 1 N–H and O–H groups in total. The number of carbonyl (C=O) groups is 1.